The average Bonchev–Trinajstić information content (AvgIpc) is 2.62. The first-order valence-electron chi connectivity index (χ1n) is 8.75. The number of carboxylic acid groups (broad SMARTS) is 1. The standard InChI is InChI=1S/C21H22F2O2/c1-2-14-9-11-21(12-10-14,20(24)25)16-5-8-18(19(23)13-16)15-3-6-17(22)7-4-15/h3-8,13-14H,2,9-12H2,1H3,(H,24,25). The highest BCUT2D eigenvalue weighted by molar-refractivity contribution is 5.82. The molecule has 1 saturated carbocycles. The summed E-state index contributed by atoms with van der Waals surface area (Å²) < 4.78 is 27.7. The van der Waals surface area contributed by atoms with Crippen molar-refractivity contribution < 1.29 is 18.7 Å². The maximum Gasteiger partial charge on any atom is 0.314 e. The predicted octanol–water partition coefficient (Wildman–Crippen LogP) is 5.55. The minimum Gasteiger partial charge on any atom is -0.481 e. The smallest absolute Gasteiger partial charge is 0.314 e. The summed E-state index contributed by atoms with van der Waals surface area (Å²) in [6.07, 6.45) is 3.83. The molecule has 0 aromatic heterocycles. The second-order valence-corrected chi connectivity index (χ2v) is 6.94. The Labute approximate surface area is 146 Å². The van der Waals surface area contributed by atoms with Crippen LogP contribution in [0.3, 0.4) is 0 Å². The molecule has 4 heteroatoms. The van der Waals surface area contributed by atoms with Gasteiger partial charge in [-0.1, -0.05) is 37.6 Å². The number of aliphatic carboxylic acids is 1. The third-order valence-corrected chi connectivity index (χ3v) is 5.62. The minimum absolute atomic E-state index is 0.353. The van der Waals surface area contributed by atoms with Crippen molar-refractivity contribution in [3.8, 4) is 11.1 Å². The van der Waals surface area contributed by atoms with Crippen LogP contribution in [0.2, 0.25) is 0 Å². The molecule has 0 amide bonds. The molecule has 1 aliphatic rings. The average molecular weight is 344 g/mol. The van der Waals surface area contributed by atoms with Crippen LogP contribution in [0.15, 0.2) is 42.5 Å². The maximum absolute atomic E-state index is 14.7. The molecule has 2 nitrogen and oxygen atoms in total. The highest BCUT2D eigenvalue weighted by Gasteiger charge is 2.43. The fourth-order valence-corrected chi connectivity index (χ4v) is 3.88. The Kier molecular flexibility index (Phi) is 4.89. The Balaban J connectivity index is 1.95. The third kappa shape index (κ3) is 3.30. The molecule has 0 atom stereocenters. The van der Waals surface area contributed by atoms with E-state index in [1.165, 1.54) is 30.3 Å². The normalized spacial score (nSPS) is 23.4. The lowest BCUT2D eigenvalue weighted by Gasteiger charge is -2.37. The van der Waals surface area contributed by atoms with Gasteiger partial charge in [-0.15, -0.1) is 0 Å². The van der Waals surface area contributed by atoms with Gasteiger partial charge in [0.05, 0.1) is 5.41 Å². The Morgan fingerprint density at radius 3 is 2.28 bits per heavy atom. The van der Waals surface area contributed by atoms with Gasteiger partial charge in [-0.05, 0) is 60.9 Å². The Morgan fingerprint density at radius 2 is 1.76 bits per heavy atom. The first kappa shape index (κ1) is 17.6. The van der Waals surface area contributed by atoms with Crippen LogP contribution >= 0.6 is 0 Å². The van der Waals surface area contributed by atoms with E-state index in [1.807, 2.05) is 0 Å². The zero-order valence-corrected chi connectivity index (χ0v) is 14.3. The molecular formula is C21H22F2O2. The van der Waals surface area contributed by atoms with Crippen LogP contribution in [0.4, 0.5) is 8.78 Å². The van der Waals surface area contributed by atoms with Crippen LogP contribution in [-0.2, 0) is 10.2 Å². The highest BCUT2D eigenvalue weighted by Crippen LogP contribution is 2.43. The molecule has 1 N–H and O–H groups in total. The molecule has 0 heterocycles. The quantitative estimate of drug-likeness (QED) is 0.789. The number of carboxylic acids is 1. The molecule has 132 valence electrons. The highest BCUT2D eigenvalue weighted by atomic mass is 19.1. The molecule has 2 aromatic rings. The first-order valence-corrected chi connectivity index (χ1v) is 8.75. The van der Waals surface area contributed by atoms with Crippen LogP contribution in [0, 0.1) is 17.6 Å². The molecule has 0 spiro atoms. The molecule has 0 aliphatic heterocycles. The van der Waals surface area contributed by atoms with Gasteiger partial charge in [-0.3, -0.25) is 4.79 Å². The van der Waals surface area contributed by atoms with Crippen molar-refractivity contribution in [1.82, 2.24) is 0 Å². The number of hydrogen-bond acceptors (Lipinski definition) is 1. The molecule has 0 bridgehead atoms. The minimum atomic E-state index is -1.01. The second-order valence-electron chi connectivity index (χ2n) is 6.94. The molecule has 1 fully saturated rings. The van der Waals surface area contributed by atoms with Gasteiger partial charge >= 0.3 is 5.97 Å². The lowest BCUT2D eigenvalue weighted by Crippen LogP contribution is -2.39. The van der Waals surface area contributed by atoms with Gasteiger partial charge in [0.15, 0.2) is 0 Å². The van der Waals surface area contributed by atoms with E-state index in [9.17, 15) is 18.7 Å². The van der Waals surface area contributed by atoms with Gasteiger partial charge in [0.1, 0.15) is 11.6 Å². The van der Waals surface area contributed by atoms with E-state index in [4.69, 9.17) is 0 Å². The van der Waals surface area contributed by atoms with Crippen LogP contribution in [0.5, 0.6) is 0 Å². The molecule has 0 saturated heterocycles. The van der Waals surface area contributed by atoms with Crippen molar-refractivity contribution in [2.24, 2.45) is 5.92 Å². The van der Waals surface area contributed by atoms with Crippen molar-refractivity contribution in [2.45, 2.75) is 44.4 Å². The Hall–Kier alpha value is -2.23. The van der Waals surface area contributed by atoms with Crippen molar-refractivity contribution >= 4 is 5.97 Å². The Morgan fingerprint density at radius 1 is 1.12 bits per heavy atom. The van der Waals surface area contributed by atoms with Crippen molar-refractivity contribution in [3.05, 3.63) is 59.7 Å². The molecule has 25 heavy (non-hydrogen) atoms. The maximum atomic E-state index is 14.7. The number of carbonyl (C=O) groups is 1. The summed E-state index contributed by atoms with van der Waals surface area (Å²) in [5, 5.41) is 9.84. The lowest BCUT2D eigenvalue weighted by molar-refractivity contribution is -0.145. The first-order chi connectivity index (χ1) is 12.0. The van der Waals surface area contributed by atoms with E-state index >= 15 is 0 Å². The summed E-state index contributed by atoms with van der Waals surface area (Å²) in [5.41, 5.74) is 0.447. The number of rotatable bonds is 4. The van der Waals surface area contributed by atoms with Crippen LogP contribution < -0.4 is 0 Å². The second kappa shape index (κ2) is 6.95. The molecule has 2 aromatic carbocycles. The summed E-state index contributed by atoms with van der Waals surface area (Å²) in [6.45, 7) is 2.12. The number of halogens is 2. The lowest BCUT2D eigenvalue weighted by atomic mass is 9.66. The largest absolute Gasteiger partial charge is 0.481 e. The van der Waals surface area contributed by atoms with Crippen molar-refractivity contribution in [3.63, 3.8) is 0 Å². The fourth-order valence-electron chi connectivity index (χ4n) is 3.88. The summed E-state index contributed by atoms with van der Waals surface area (Å²) >= 11 is 0. The van der Waals surface area contributed by atoms with E-state index in [2.05, 4.69) is 6.92 Å². The number of hydrogen-bond donors (Lipinski definition) is 1. The van der Waals surface area contributed by atoms with E-state index in [0.717, 1.165) is 19.3 Å². The summed E-state index contributed by atoms with van der Waals surface area (Å²) in [5.74, 6) is -1.17. The predicted molar refractivity (Wildman–Crippen MR) is 93.4 cm³/mol. The van der Waals surface area contributed by atoms with Gasteiger partial charge in [-0.25, -0.2) is 8.78 Å². The third-order valence-electron chi connectivity index (χ3n) is 5.62. The summed E-state index contributed by atoms with van der Waals surface area (Å²) in [4.78, 5) is 12.0. The van der Waals surface area contributed by atoms with Gasteiger partial charge in [0, 0.05) is 5.56 Å². The molecule has 3 rings (SSSR count). The van der Waals surface area contributed by atoms with Gasteiger partial charge in [-0.2, -0.15) is 0 Å². The fraction of sp³-hybridized carbons (Fsp3) is 0.381. The van der Waals surface area contributed by atoms with Gasteiger partial charge in [0.25, 0.3) is 0 Å². The summed E-state index contributed by atoms with van der Waals surface area (Å²) in [6, 6.07) is 10.3. The topological polar surface area (TPSA) is 37.3 Å². The van der Waals surface area contributed by atoms with Crippen LogP contribution in [0.25, 0.3) is 11.1 Å². The van der Waals surface area contributed by atoms with Crippen molar-refractivity contribution in [2.75, 3.05) is 0 Å². The molecule has 1 aliphatic carbocycles. The van der Waals surface area contributed by atoms with Crippen LogP contribution in [0.1, 0.15) is 44.6 Å². The van der Waals surface area contributed by atoms with Gasteiger partial charge in [0.2, 0.25) is 0 Å². The van der Waals surface area contributed by atoms with E-state index in [1.54, 1.807) is 12.1 Å². The molecular weight excluding hydrogens is 322 g/mol. The molecule has 0 radical (unpaired) electrons. The van der Waals surface area contributed by atoms with Gasteiger partial charge < -0.3 is 5.11 Å². The zero-order chi connectivity index (χ0) is 18.0. The Bertz CT molecular complexity index is 760. The van der Waals surface area contributed by atoms with E-state index in [0.29, 0.717) is 35.4 Å². The SMILES string of the molecule is CCC1CCC(C(=O)O)(c2ccc(-c3ccc(F)cc3)c(F)c2)CC1. The monoisotopic (exact) mass is 344 g/mol. The molecule has 0 unspecified atom stereocenters. The summed E-state index contributed by atoms with van der Waals surface area (Å²) in [7, 11) is 0. The van der Waals surface area contributed by atoms with E-state index in [-0.39, 0.29) is 5.82 Å². The van der Waals surface area contributed by atoms with Crippen LogP contribution in [-0.4, -0.2) is 11.1 Å². The van der Waals surface area contributed by atoms with E-state index < -0.39 is 17.2 Å². The number of benzene rings is 2. The van der Waals surface area contributed by atoms with Crippen molar-refractivity contribution in [1.29, 1.82) is 0 Å². The zero-order valence-electron chi connectivity index (χ0n) is 14.3.